The molecule has 2 aromatic carbocycles. The Balaban J connectivity index is 2.34. The third-order valence-electron chi connectivity index (χ3n) is 2.68. The molecule has 2 rings (SSSR count). The number of hydrogen-bond acceptors (Lipinski definition) is 5. The first kappa shape index (κ1) is 11.9. The largest absolute Gasteiger partial charge is 0.455 e. The number of hydrogen-bond donors (Lipinski definition) is 4. The number of anilines is 4. The van der Waals surface area contributed by atoms with Crippen LogP contribution in [-0.2, 0) is 0 Å². The van der Waals surface area contributed by atoms with E-state index in [-0.39, 0.29) is 0 Å². The van der Waals surface area contributed by atoms with Crippen molar-refractivity contribution in [3.63, 3.8) is 0 Å². The Morgan fingerprint density at radius 3 is 2.17 bits per heavy atom. The molecule has 18 heavy (non-hydrogen) atoms. The molecular formula is C13H16N4O. The lowest BCUT2D eigenvalue weighted by atomic mass is 10.1. The molecular weight excluding hydrogens is 228 g/mol. The molecule has 0 amide bonds. The van der Waals surface area contributed by atoms with Gasteiger partial charge in [0.1, 0.15) is 5.75 Å². The molecule has 0 aliphatic heterocycles. The molecule has 0 heterocycles. The summed E-state index contributed by atoms with van der Waals surface area (Å²) in [6.07, 6.45) is 0. The van der Waals surface area contributed by atoms with Gasteiger partial charge in [-0.25, -0.2) is 0 Å². The van der Waals surface area contributed by atoms with Gasteiger partial charge in [-0.3, -0.25) is 0 Å². The molecule has 2 aromatic rings. The molecule has 0 atom stereocenters. The van der Waals surface area contributed by atoms with Gasteiger partial charge in [-0.2, -0.15) is 0 Å². The molecule has 0 saturated carbocycles. The van der Waals surface area contributed by atoms with Crippen LogP contribution in [0.15, 0.2) is 30.3 Å². The minimum atomic E-state index is 0.464. The van der Waals surface area contributed by atoms with E-state index in [1.807, 2.05) is 6.92 Å². The first-order chi connectivity index (χ1) is 8.47. The summed E-state index contributed by atoms with van der Waals surface area (Å²) >= 11 is 0. The topological polar surface area (TPSA) is 113 Å². The van der Waals surface area contributed by atoms with Gasteiger partial charge < -0.3 is 27.7 Å². The lowest BCUT2D eigenvalue weighted by molar-refractivity contribution is 0.485. The Morgan fingerprint density at radius 1 is 0.778 bits per heavy atom. The minimum Gasteiger partial charge on any atom is -0.455 e. The zero-order valence-corrected chi connectivity index (χ0v) is 10.1. The van der Waals surface area contributed by atoms with Gasteiger partial charge in [0, 0.05) is 17.8 Å². The van der Waals surface area contributed by atoms with Crippen LogP contribution < -0.4 is 27.7 Å². The summed E-state index contributed by atoms with van der Waals surface area (Å²) < 4.78 is 5.64. The van der Waals surface area contributed by atoms with Gasteiger partial charge >= 0.3 is 0 Å². The Hall–Kier alpha value is -2.56. The second kappa shape index (κ2) is 4.37. The third kappa shape index (κ3) is 2.24. The fourth-order valence-electron chi connectivity index (χ4n) is 1.56. The molecule has 5 nitrogen and oxygen atoms in total. The molecule has 0 unspecified atom stereocenters. The monoisotopic (exact) mass is 244 g/mol. The maximum atomic E-state index is 5.87. The summed E-state index contributed by atoms with van der Waals surface area (Å²) in [5.74, 6) is 1.07. The Morgan fingerprint density at radius 2 is 1.50 bits per heavy atom. The molecule has 0 spiro atoms. The first-order valence-corrected chi connectivity index (χ1v) is 5.46. The zero-order chi connectivity index (χ0) is 13.3. The van der Waals surface area contributed by atoms with E-state index in [1.54, 1.807) is 30.3 Å². The number of ether oxygens (including phenoxy) is 1. The normalized spacial score (nSPS) is 10.3. The van der Waals surface area contributed by atoms with Crippen LogP contribution in [0.2, 0.25) is 0 Å². The molecule has 0 radical (unpaired) electrons. The van der Waals surface area contributed by atoms with Crippen LogP contribution in [0.1, 0.15) is 5.56 Å². The van der Waals surface area contributed by atoms with Crippen molar-refractivity contribution in [3.8, 4) is 11.5 Å². The van der Waals surface area contributed by atoms with Gasteiger partial charge in [0.25, 0.3) is 0 Å². The standard InChI is InChI=1S/C13H16N4O/c1-7-4-12(17)13(6-10(7)15)18-8-2-3-9(14)11(16)5-8/h2-6H,14-17H2,1H3. The van der Waals surface area contributed by atoms with Gasteiger partial charge in [0.05, 0.1) is 17.1 Å². The van der Waals surface area contributed by atoms with E-state index in [1.165, 1.54) is 0 Å². The van der Waals surface area contributed by atoms with Crippen molar-refractivity contribution in [2.75, 3.05) is 22.9 Å². The Kier molecular flexibility index (Phi) is 2.89. The SMILES string of the molecule is Cc1cc(N)c(Oc2ccc(N)c(N)c2)cc1N. The molecule has 0 aliphatic rings. The molecule has 0 saturated heterocycles. The Bertz CT molecular complexity index is 596. The maximum Gasteiger partial charge on any atom is 0.152 e. The summed E-state index contributed by atoms with van der Waals surface area (Å²) in [5, 5.41) is 0. The van der Waals surface area contributed by atoms with Crippen molar-refractivity contribution in [1.82, 2.24) is 0 Å². The highest BCUT2D eigenvalue weighted by atomic mass is 16.5. The fourth-order valence-corrected chi connectivity index (χ4v) is 1.56. The average Bonchev–Trinajstić information content (AvgIpc) is 2.31. The number of nitrogens with two attached hydrogens (primary N) is 4. The average molecular weight is 244 g/mol. The van der Waals surface area contributed by atoms with Crippen LogP contribution in [0, 0.1) is 6.92 Å². The second-order valence-electron chi connectivity index (χ2n) is 4.14. The molecule has 94 valence electrons. The smallest absolute Gasteiger partial charge is 0.152 e. The van der Waals surface area contributed by atoms with Crippen molar-refractivity contribution in [2.45, 2.75) is 6.92 Å². The lowest BCUT2D eigenvalue weighted by Crippen LogP contribution is -1.98. The van der Waals surface area contributed by atoms with Crippen LogP contribution in [0.5, 0.6) is 11.5 Å². The molecule has 8 N–H and O–H groups in total. The second-order valence-corrected chi connectivity index (χ2v) is 4.14. The van der Waals surface area contributed by atoms with E-state index in [4.69, 9.17) is 27.7 Å². The summed E-state index contributed by atoms with van der Waals surface area (Å²) in [6, 6.07) is 8.51. The number of aryl methyl sites for hydroxylation is 1. The van der Waals surface area contributed by atoms with Crippen molar-refractivity contribution in [3.05, 3.63) is 35.9 Å². The van der Waals surface area contributed by atoms with Crippen LogP contribution in [0.3, 0.4) is 0 Å². The molecule has 5 heteroatoms. The summed E-state index contributed by atoms with van der Waals surface area (Å²) in [6.45, 7) is 1.89. The number of rotatable bonds is 2. The number of nitrogen functional groups attached to an aromatic ring is 4. The molecule has 0 bridgehead atoms. The quantitative estimate of drug-likeness (QED) is 0.604. The highest BCUT2D eigenvalue weighted by molar-refractivity contribution is 5.67. The first-order valence-electron chi connectivity index (χ1n) is 5.46. The van der Waals surface area contributed by atoms with Gasteiger partial charge in [-0.15, -0.1) is 0 Å². The predicted octanol–water partition coefficient (Wildman–Crippen LogP) is 2.12. The fraction of sp³-hybridized carbons (Fsp3) is 0.0769. The Labute approximate surface area is 105 Å². The van der Waals surface area contributed by atoms with Crippen molar-refractivity contribution in [2.24, 2.45) is 0 Å². The van der Waals surface area contributed by atoms with E-state index in [0.29, 0.717) is 34.2 Å². The highest BCUT2D eigenvalue weighted by Gasteiger charge is 2.06. The summed E-state index contributed by atoms with van der Waals surface area (Å²) in [4.78, 5) is 0. The van der Waals surface area contributed by atoms with E-state index in [9.17, 15) is 0 Å². The molecule has 0 aliphatic carbocycles. The van der Waals surface area contributed by atoms with Crippen molar-refractivity contribution < 1.29 is 4.74 Å². The predicted molar refractivity (Wildman–Crippen MR) is 75.3 cm³/mol. The van der Waals surface area contributed by atoms with Gasteiger partial charge in [-0.05, 0) is 30.7 Å². The van der Waals surface area contributed by atoms with Crippen LogP contribution in [0.4, 0.5) is 22.7 Å². The zero-order valence-electron chi connectivity index (χ0n) is 10.1. The van der Waals surface area contributed by atoms with E-state index < -0.39 is 0 Å². The summed E-state index contributed by atoms with van der Waals surface area (Å²) in [5.41, 5.74) is 26.1. The molecule has 0 aromatic heterocycles. The van der Waals surface area contributed by atoms with Crippen LogP contribution >= 0.6 is 0 Å². The lowest BCUT2D eigenvalue weighted by Gasteiger charge is -2.12. The highest BCUT2D eigenvalue weighted by Crippen LogP contribution is 2.32. The maximum absolute atomic E-state index is 5.87. The van der Waals surface area contributed by atoms with Gasteiger partial charge in [0.15, 0.2) is 5.75 Å². The number of benzene rings is 2. The van der Waals surface area contributed by atoms with E-state index >= 15 is 0 Å². The van der Waals surface area contributed by atoms with E-state index in [0.717, 1.165) is 5.56 Å². The van der Waals surface area contributed by atoms with E-state index in [2.05, 4.69) is 0 Å². The third-order valence-corrected chi connectivity index (χ3v) is 2.68. The van der Waals surface area contributed by atoms with Crippen molar-refractivity contribution >= 4 is 22.7 Å². The summed E-state index contributed by atoms with van der Waals surface area (Å²) in [7, 11) is 0. The molecule has 0 fully saturated rings. The minimum absolute atomic E-state index is 0.464. The van der Waals surface area contributed by atoms with Crippen LogP contribution in [-0.4, -0.2) is 0 Å². The van der Waals surface area contributed by atoms with Gasteiger partial charge in [-0.1, -0.05) is 0 Å². The van der Waals surface area contributed by atoms with Crippen LogP contribution in [0.25, 0.3) is 0 Å². The van der Waals surface area contributed by atoms with Crippen molar-refractivity contribution in [1.29, 1.82) is 0 Å². The van der Waals surface area contributed by atoms with Gasteiger partial charge in [0.2, 0.25) is 0 Å².